The number of rotatable bonds is 5. The Kier molecular flexibility index (Phi) is 4.90. The van der Waals surface area contributed by atoms with Crippen LogP contribution in [0.1, 0.15) is 25.3 Å². The lowest BCUT2D eigenvalue weighted by atomic mass is 10.2. The molecule has 100 valence electrons. The molecule has 3 heteroatoms. The monoisotopic (exact) mass is 267 g/mol. The molecule has 0 radical (unpaired) electrons. The second-order valence-corrected chi connectivity index (χ2v) is 5.69. The van der Waals surface area contributed by atoms with E-state index in [1.165, 1.54) is 25.9 Å². The van der Waals surface area contributed by atoms with Gasteiger partial charge < -0.3 is 9.64 Å². The molecule has 1 saturated heterocycles. The average Bonchev–Trinajstić information content (AvgIpc) is 2.84. The van der Waals surface area contributed by atoms with E-state index < -0.39 is 0 Å². The second-order valence-electron chi connectivity index (χ2n) is 5.29. The molecule has 0 N–H and O–H groups in total. The van der Waals surface area contributed by atoms with Crippen molar-refractivity contribution in [1.29, 1.82) is 0 Å². The van der Waals surface area contributed by atoms with Crippen LogP contribution < -0.4 is 4.74 Å². The maximum atomic E-state index is 6.08. The van der Waals surface area contributed by atoms with Crippen molar-refractivity contribution in [3.05, 3.63) is 28.8 Å². The number of hydrogen-bond donors (Lipinski definition) is 0. The molecule has 0 saturated carbocycles. The molecule has 0 spiro atoms. The molecule has 1 heterocycles. The van der Waals surface area contributed by atoms with Gasteiger partial charge in [-0.1, -0.05) is 24.6 Å². The first-order valence-electron chi connectivity index (χ1n) is 6.77. The third-order valence-electron chi connectivity index (χ3n) is 3.51. The third-order valence-corrected chi connectivity index (χ3v) is 3.92. The highest BCUT2D eigenvalue weighted by Gasteiger charge is 2.15. The van der Waals surface area contributed by atoms with Crippen LogP contribution in [0.3, 0.4) is 0 Å². The van der Waals surface area contributed by atoms with E-state index in [2.05, 4.69) is 11.8 Å². The van der Waals surface area contributed by atoms with Crippen LogP contribution in [0, 0.1) is 12.8 Å². The molecule has 1 aromatic rings. The Hall–Kier alpha value is -0.730. The zero-order chi connectivity index (χ0) is 13.0. The summed E-state index contributed by atoms with van der Waals surface area (Å²) in [6.45, 7) is 8.65. The highest BCUT2D eigenvalue weighted by molar-refractivity contribution is 6.31. The molecular formula is C15H22ClNO. The van der Waals surface area contributed by atoms with Gasteiger partial charge in [0.15, 0.2) is 0 Å². The van der Waals surface area contributed by atoms with E-state index in [1.807, 2.05) is 25.1 Å². The fourth-order valence-corrected chi connectivity index (χ4v) is 2.60. The van der Waals surface area contributed by atoms with Gasteiger partial charge in [-0.3, -0.25) is 0 Å². The summed E-state index contributed by atoms with van der Waals surface area (Å²) in [4.78, 5) is 2.53. The van der Waals surface area contributed by atoms with Gasteiger partial charge >= 0.3 is 0 Å². The highest BCUT2D eigenvalue weighted by Crippen LogP contribution is 2.25. The lowest BCUT2D eigenvalue weighted by Gasteiger charge is -2.21. The molecule has 1 fully saturated rings. The second kappa shape index (κ2) is 6.44. The van der Waals surface area contributed by atoms with E-state index in [0.29, 0.717) is 5.92 Å². The van der Waals surface area contributed by atoms with Crippen LogP contribution in [-0.2, 0) is 0 Å². The van der Waals surface area contributed by atoms with Crippen molar-refractivity contribution in [2.45, 2.75) is 26.7 Å². The fourth-order valence-electron chi connectivity index (χ4n) is 2.43. The molecular weight excluding hydrogens is 246 g/mol. The van der Waals surface area contributed by atoms with Crippen LogP contribution in [0.4, 0.5) is 0 Å². The van der Waals surface area contributed by atoms with E-state index >= 15 is 0 Å². The van der Waals surface area contributed by atoms with Gasteiger partial charge in [-0.25, -0.2) is 0 Å². The molecule has 2 nitrogen and oxygen atoms in total. The predicted octanol–water partition coefficient (Wildman–Crippen LogP) is 3.76. The smallest absolute Gasteiger partial charge is 0.123 e. The number of ether oxygens (including phenoxy) is 1. The minimum atomic E-state index is 0.557. The summed E-state index contributed by atoms with van der Waals surface area (Å²) >= 11 is 6.08. The largest absolute Gasteiger partial charge is 0.493 e. The lowest BCUT2D eigenvalue weighted by Crippen LogP contribution is -2.28. The van der Waals surface area contributed by atoms with Gasteiger partial charge in [0, 0.05) is 23.0 Å². The average molecular weight is 268 g/mol. The van der Waals surface area contributed by atoms with Crippen LogP contribution >= 0.6 is 11.6 Å². The normalized spacial score (nSPS) is 17.9. The number of likely N-dealkylation sites (tertiary alicyclic amines) is 1. The molecule has 0 aromatic heterocycles. The zero-order valence-electron chi connectivity index (χ0n) is 11.3. The Bertz CT molecular complexity index is 388. The highest BCUT2D eigenvalue weighted by atomic mass is 35.5. The lowest BCUT2D eigenvalue weighted by molar-refractivity contribution is 0.205. The van der Waals surface area contributed by atoms with E-state index in [4.69, 9.17) is 16.3 Å². The molecule has 0 bridgehead atoms. The summed E-state index contributed by atoms with van der Waals surface area (Å²) < 4.78 is 5.88. The van der Waals surface area contributed by atoms with Crippen molar-refractivity contribution >= 4 is 11.6 Å². The topological polar surface area (TPSA) is 12.5 Å². The Labute approximate surface area is 115 Å². The van der Waals surface area contributed by atoms with Crippen LogP contribution in [0.2, 0.25) is 5.02 Å². The van der Waals surface area contributed by atoms with Crippen molar-refractivity contribution in [3.8, 4) is 5.75 Å². The Balaban J connectivity index is 1.81. The van der Waals surface area contributed by atoms with Gasteiger partial charge in [-0.2, -0.15) is 0 Å². The van der Waals surface area contributed by atoms with Crippen molar-refractivity contribution in [2.75, 3.05) is 26.2 Å². The van der Waals surface area contributed by atoms with Gasteiger partial charge in [0.25, 0.3) is 0 Å². The summed E-state index contributed by atoms with van der Waals surface area (Å²) in [5.41, 5.74) is 1.03. The standard InChI is InChI=1S/C15H22ClNO/c1-12(10-17-8-3-4-9-17)11-18-15-7-5-6-14(16)13(15)2/h5-7,12H,3-4,8-11H2,1-2H3/t12-/m1/s1. The first-order chi connectivity index (χ1) is 8.66. The molecule has 0 unspecified atom stereocenters. The first-order valence-corrected chi connectivity index (χ1v) is 7.15. The van der Waals surface area contributed by atoms with Crippen molar-refractivity contribution in [1.82, 2.24) is 4.90 Å². The van der Waals surface area contributed by atoms with E-state index in [-0.39, 0.29) is 0 Å². The summed E-state index contributed by atoms with van der Waals surface area (Å²) in [6, 6.07) is 5.83. The maximum Gasteiger partial charge on any atom is 0.123 e. The van der Waals surface area contributed by atoms with Crippen LogP contribution in [0.15, 0.2) is 18.2 Å². The van der Waals surface area contributed by atoms with E-state index in [9.17, 15) is 0 Å². The summed E-state index contributed by atoms with van der Waals surface area (Å²) in [7, 11) is 0. The number of nitrogens with zero attached hydrogens (tertiary/aromatic N) is 1. The first kappa shape index (κ1) is 13.7. The van der Waals surface area contributed by atoms with Gasteiger partial charge in [-0.15, -0.1) is 0 Å². The predicted molar refractivity (Wildman–Crippen MR) is 76.5 cm³/mol. The number of benzene rings is 1. The molecule has 1 atom stereocenters. The molecule has 1 aliphatic rings. The van der Waals surface area contributed by atoms with E-state index in [0.717, 1.165) is 29.5 Å². The Morgan fingerprint density at radius 1 is 1.33 bits per heavy atom. The van der Waals surface area contributed by atoms with Crippen LogP contribution in [-0.4, -0.2) is 31.1 Å². The number of hydrogen-bond acceptors (Lipinski definition) is 2. The van der Waals surface area contributed by atoms with Gasteiger partial charge in [0.2, 0.25) is 0 Å². The van der Waals surface area contributed by atoms with Crippen molar-refractivity contribution in [3.63, 3.8) is 0 Å². The summed E-state index contributed by atoms with van der Waals surface area (Å²) in [5, 5.41) is 0.777. The summed E-state index contributed by atoms with van der Waals surface area (Å²) in [5.74, 6) is 1.47. The quantitative estimate of drug-likeness (QED) is 0.805. The van der Waals surface area contributed by atoms with Crippen molar-refractivity contribution < 1.29 is 4.74 Å². The van der Waals surface area contributed by atoms with Gasteiger partial charge in [0.05, 0.1) is 6.61 Å². The van der Waals surface area contributed by atoms with Gasteiger partial charge in [0.1, 0.15) is 5.75 Å². The van der Waals surface area contributed by atoms with E-state index in [1.54, 1.807) is 0 Å². The van der Waals surface area contributed by atoms with Gasteiger partial charge in [-0.05, 0) is 45.0 Å². The minimum absolute atomic E-state index is 0.557. The Morgan fingerprint density at radius 2 is 2.06 bits per heavy atom. The number of halogens is 1. The SMILES string of the molecule is Cc1c(Cl)cccc1OC[C@H](C)CN1CCCC1. The fraction of sp³-hybridized carbons (Fsp3) is 0.600. The summed E-state index contributed by atoms with van der Waals surface area (Å²) in [6.07, 6.45) is 2.70. The Morgan fingerprint density at radius 3 is 2.78 bits per heavy atom. The van der Waals surface area contributed by atoms with Crippen LogP contribution in [0.5, 0.6) is 5.75 Å². The molecule has 0 aliphatic carbocycles. The minimum Gasteiger partial charge on any atom is -0.493 e. The van der Waals surface area contributed by atoms with Crippen molar-refractivity contribution in [2.24, 2.45) is 5.92 Å². The zero-order valence-corrected chi connectivity index (χ0v) is 12.0. The third kappa shape index (κ3) is 3.63. The molecule has 1 aliphatic heterocycles. The van der Waals surface area contributed by atoms with Crippen LogP contribution in [0.25, 0.3) is 0 Å². The molecule has 0 amide bonds. The molecule has 2 rings (SSSR count). The molecule has 1 aromatic carbocycles. The maximum absolute atomic E-state index is 6.08. The molecule has 18 heavy (non-hydrogen) atoms.